The highest BCUT2D eigenvalue weighted by atomic mass is 16.5. The number of carbonyl (C=O) groups excluding carboxylic acids is 1. The third-order valence-corrected chi connectivity index (χ3v) is 4.05. The van der Waals surface area contributed by atoms with E-state index in [0.717, 1.165) is 30.9 Å². The van der Waals surface area contributed by atoms with Gasteiger partial charge < -0.3 is 15.0 Å². The topological polar surface area (TPSA) is 41.6 Å². The van der Waals surface area contributed by atoms with Gasteiger partial charge in [0, 0.05) is 31.1 Å². The average molecular weight is 246 g/mol. The molecule has 4 nitrogen and oxygen atoms in total. The molecule has 18 heavy (non-hydrogen) atoms. The number of methoxy groups -OCH3 is 1. The highest BCUT2D eigenvalue weighted by molar-refractivity contribution is 5.96. The van der Waals surface area contributed by atoms with Crippen molar-refractivity contribution in [1.82, 2.24) is 10.2 Å². The summed E-state index contributed by atoms with van der Waals surface area (Å²) < 4.78 is 5.21. The summed E-state index contributed by atoms with van der Waals surface area (Å²) in [5, 5.41) is 3.02. The lowest BCUT2D eigenvalue weighted by molar-refractivity contribution is 0.0951. The zero-order valence-electron chi connectivity index (χ0n) is 10.8. The van der Waals surface area contributed by atoms with Crippen LogP contribution in [0.1, 0.15) is 21.8 Å². The fraction of sp³-hybridized carbons (Fsp3) is 0.500. The molecular formula is C14H18N2O2. The summed E-state index contributed by atoms with van der Waals surface area (Å²) in [6, 6.07) is 5.86. The molecule has 2 heterocycles. The second-order valence-corrected chi connectivity index (χ2v) is 5.25. The zero-order chi connectivity index (χ0) is 12.7. The minimum atomic E-state index is 0.0287. The predicted octanol–water partition coefficient (Wildman–Crippen LogP) is 1.08. The first kappa shape index (κ1) is 11.5. The maximum atomic E-state index is 12.1. The molecule has 1 aromatic rings. The molecule has 0 unspecified atom stereocenters. The summed E-state index contributed by atoms with van der Waals surface area (Å²) in [5.74, 6) is 1.75. The van der Waals surface area contributed by atoms with Crippen molar-refractivity contribution < 1.29 is 9.53 Å². The van der Waals surface area contributed by atoms with Crippen LogP contribution in [0, 0.1) is 5.92 Å². The van der Waals surface area contributed by atoms with E-state index in [0.29, 0.717) is 11.8 Å². The fourth-order valence-corrected chi connectivity index (χ4v) is 3.15. The minimum Gasteiger partial charge on any atom is -0.497 e. The van der Waals surface area contributed by atoms with Crippen molar-refractivity contribution in [3.63, 3.8) is 0 Å². The Morgan fingerprint density at radius 2 is 2.22 bits per heavy atom. The largest absolute Gasteiger partial charge is 0.497 e. The number of rotatable bonds is 1. The lowest BCUT2D eigenvalue weighted by Gasteiger charge is -2.16. The fourth-order valence-electron chi connectivity index (χ4n) is 3.15. The molecule has 1 aromatic carbocycles. The van der Waals surface area contributed by atoms with Gasteiger partial charge in [0.2, 0.25) is 0 Å². The zero-order valence-corrected chi connectivity index (χ0v) is 10.8. The van der Waals surface area contributed by atoms with Crippen molar-refractivity contribution >= 4 is 5.91 Å². The van der Waals surface area contributed by atoms with Gasteiger partial charge in [-0.3, -0.25) is 4.79 Å². The summed E-state index contributed by atoms with van der Waals surface area (Å²) in [7, 11) is 3.77. The van der Waals surface area contributed by atoms with Crippen LogP contribution in [-0.2, 0) is 0 Å². The van der Waals surface area contributed by atoms with Crippen molar-refractivity contribution in [2.75, 3.05) is 33.8 Å². The Morgan fingerprint density at radius 1 is 1.39 bits per heavy atom. The molecule has 1 saturated heterocycles. The molecule has 0 spiro atoms. The second-order valence-electron chi connectivity index (χ2n) is 5.25. The van der Waals surface area contributed by atoms with Crippen LogP contribution in [0.25, 0.3) is 0 Å². The Labute approximate surface area is 107 Å². The molecule has 2 aliphatic heterocycles. The maximum absolute atomic E-state index is 12.1. The van der Waals surface area contributed by atoms with Crippen molar-refractivity contribution in [2.24, 2.45) is 5.92 Å². The second kappa shape index (κ2) is 4.28. The van der Waals surface area contributed by atoms with E-state index in [4.69, 9.17) is 4.74 Å². The first-order valence-corrected chi connectivity index (χ1v) is 6.33. The number of carbonyl (C=O) groups is 1. The Morgan fingerprint density at radius 3 is 3.00 bits per heavy atom. The van der Waals surface area contributed by atoms with Crippen LogP contribution >= 0.6 is 0 Å². The lowest BCUT2D eigenvalue weighted by Crippen LogP contribution is -2.29. The van der Waals surface area contributed by atoms with Gasteiger partial charge in [-0.25, -0.2) is 0 Å². The van der Waals surface area contributed by atoms with Crippen LogP contribution in [0.3, 0.4) is 0 Å². The van der Waals surface area contributed by atoms with E-state index >= 15 is 0 Å². The molecule has 4 heteroatoms. The van der Waals surface area contributed by atoms with Gasteiger partial charge >= 0.3 is 0 Å². The number of fused-ring (bicyclic) bond motifs is 3. The monoisotopic (exact) mass is 246 g/mol. The van der Waals surface area contributed by atoms with E-state index in [1.54, 1.807) is 7.11 Å². The number of ether oxygens (including phenoxy) is 1. The molecule has 0 aliphatic carbocycles. The van der Waals surface area contributed by atoms with Crippen LogP contribution in [0.15, 0.2) is 18.2 Å². The molecule has 0 aromatic heterocycles. The number of amides is 1. The Balaban J connectivity index is 2.06. The van der Waals surface area contributed by atoms with Crippen molar-refractivity contribution in [3.8, 4) is 5.75 Å². The predicted molar refractivity (Wildman–Crippen MR) is 69.1 cm³/mol. The number of nitrogens with one attached hydrogen (secondary N) is 1. The molecule has 0 radical (unpaired) electrons. The van der Waals surface area contributed by atoms with Crippen LogP contribution in [0.5, 0.6) is 5.75 Å². The van der Waals surface area contributed by atoms with Gasteiger partial charge in [-0.05, 0) is 30.7 Å². The highest BCUT2D eigenvalue weighted by Crippen LogP contribution is 2.36. The normalized spacial score (nSPS) is 27.1. The van der Waals surface area contributed by atoms with E-state index in [1.165, 1.54) is 5.56 Å². The molecular weight excluding hydrogens is 228 g/mol. The van der Waals surface area contributed by atoms with Crippen LogP contribution in [0.2, 0.25) is 0 Å². The van der Waals surface area contributed by atoms with Gasteiger partial charge in [0.15, 0.2) is 0 Å². The smallest absolute Gasteiger partial charge is 0.251 e. The molecule has 96 valence electrons. The van der Waals surface area contributed by atoms with Crippen molar-refractivity contribution in [3.05, 3.63) is 29.3 Å². The van der Waals surface area contributed by atoms with Gasteiger partial charge in [0.25, 0.3) is 5.91 Å². The highest BCUT2D eigenvalue weighted by Gasteiger charge is 2.36. The molecule has 1 N–H and O–H groups in total. The number of nitrogens with zero attached hydrogens (tertiary/aromatic N) is 1. The number of hydrogen-bond donors (Lipinski definition) is 1. The molecule has 1 amide bonds. The van der Waals surface area contributed by atoms with E-state index in [1.807, 2.05) is 12.1 Å². The molecule has 0 bridgehead atoms. The summed E-state index contributed by atoms with van der Waals surface area (Å²) in [4.78, 5) is 14.4. The number of hydrogen-bond acceptors (Lipinski definition) is 3. The van der Waals surface area contributed by atoms with Gasteiger partial charge in [-0.2, -0.15) is 0 Å². The summed E-state index contributed by atoms with van der Waals surface area (Å²) in [5.41, 5.74) is 1.94. The van der Waals surface area contributed by atoms with Gasteiger partial charge in [0.1, 0.15) is 5.75 Å². The third kappa shape index (κ3) is 1.77. The molecule has 3 rings (SSSR count). The van der Waals surface area contributed by atoms with Crippen molar-refractivity contribution in [2.45, 2.75) is 5.92 Å². The van der Waals surface area contributed by atoms with E-state index in [-0.39, 0.29) is 5.91 Å². The molecule has 1 fully saturated rings. The van der Waals surface area contributed by atoms with E-state index < -0.39 is 0 Å². The third-order valence-electron chi connectivity index (χ3n) is 4.05. The van der Waals surface area contributed by atoms with Crippen LogP contribution < -0.4 is 10.1 Å². The minimum absolute atomic E-state index is 0.0287. The Hall–Kier alpha value is -1.55. The summed E-state index contributed by atoms with van der Waals surface area (Å²) >= 11 is 0. The van der Waals surface area contributed by atoms with Crippen molar-refractivity contribution in [1.29, 1.82) is 0 Å². The quantitative estimate of drug-likeness (QED) is 0.806. The standard InChI is InChI=1S/C14H18N2O2/c1-16-7-9-6-15-14(17)12-5-10(18-2)3-4-11(12)13(9)8-16/h3-5,9,13H,6-8H2,1-2H3,(H,15,17)/t9-,13-/m1/s1. The van der Waals surface area contributed by atoms with Gasteiger partial charge in [-0.1, -0.05) is 6.07 Å². The lowest BCUT2D eigenvalue weighted by atomic mass is 9.87. The molecule has 2 atom stereocenters. The molecule has 0 saturated carbocycles. The van der Waals surface area contributed by atoms with E-state index in [2.05, 4.69) is 23.3 Å². The maximum Gasteiger partial charge on any atom is 0.251 e. The van der Waals surface area contributed by atoms with Crippen LogP contribution in [-0.4, -0.2) is 44.6 Å². The van der Waals surface area contributed by atoms with Gasteiger partial charge in [0.05, 0.1) is 7.11 Å². The van der Waals surface area contributed by atoms with E-state index in [9.17, 15) is 4.79 Å². The first-order valence-electron chi connectivity index (χ1n) is 6.33. The Bertz CT molecular complexity index is 487. The summed E-state index contributed by atoms with van der Waals surface area (Å²) in [6.45, 7) is 2.85. The number of likely N-dealkylation sites (N-methyl/N-ethyl adjacent to an activating group) is 1. The number of benzene rings is 1. The SMILES string of the molecule is COc1ccc2c(c1)C(=O)NC[C@@H]1CN(C)C[C@@H]21. The Kier molecular flexibility index (Phi) is 2.74. The average Bonchev–Trinajstić information content (AvgIpc) is 2.70. The number of likely N-dealkylation sites (tertiary alicyclic amines) is 1. The summed E-state index contributed by atoms with van der Waals surface area (Å²) in [6.07, 6.45) is 0. The first-order chi connectivity index (χ1) is 8.69. The molecule has 2 aliphatic rings. The van der Waals surface area contributed by atoms with Gasteiger partial charge in [-0.15, -0.1) is 0 Å². The van der Waals surface area contributed by atoms with Crippen LogP contribution in [0.4, 0.5) is 0 Å².